The molecule has 98 valence electrons. The number of piperidine rings is 1. The van der Waals surface area contributed by atoms with E-state index in [1.165, 1.54) is 0 Å². The predicted octanol–water partition coefficient (Wildman–Crippen LogP) is 1.69. The van der Waals surface area contributed by atoms with Crippen molar-refractivity contribution in [3.05, 3.63) is 29.0 Å². The van der Waals surface area contributed by atoms with E-state index in [1.807, 2.05) is 6.07 Å². The van der Waals surface area contributed by atoms with Crippen LogP contribution in [0.5, 0.6) is 0 Å². The van der Waals surface area contributed by atoms with E-state index >= 15 is 0 Å². The number of aromatic nitrogens is 1. The molecule has 1 aliphatic rings. The molecule has 1 aromatic rings. The number of rotatable bonds is 3. The van der Waals surface area contributed by atoms with Gasteiger partial charge in [-0.1, -0.05) is 17.7 Å². The van der Waals surface area contributed by atoms with Gasteiger partial charge in [0.15, 0.2) is 0 Å². The Morgan fingerprint density at radius 1 is 1.61 bits per heavy atom. The van der Waals surface area contributed by atoms with Crippen molar-refractivity contribution in [3.63, 3.8) is 0 Å². The summed E-state index contributed by atoms with van der Waals surface area (Å²) in [7, 11) is 1.70. The Bertz CT molecular complexity index is 407. The topological polar surface area (TPSA) is 45.2 Å². The highest BCUT2D eigenvalue weighted by atomic mass is 35.5. The average molecular weight is 268 g/mol. The van der Waals surface area contributed by atoms with Gasteiger partial charge in [0.25, 0.3) is 0 Å². The van der Waals surface area contributed by atoms with Gasteiger partial charge in [0, 0.05) is 26.3 Å². The number of nitrogens with zero attached hydrogens (tertiary/aromatic N) is 2. The van der Waals surface area contributed by atoms with E-state index in [1.54, 1.807) is 19.3 Å². The summed E-state index contributed by atoms with van der Waals surface area (Å²) in [6.45, 7) is 2.69. The van der Waals surface area contributed by atoms with Crippen LogP contribution in [0.4, 0.5) is 0 Å². The Morgan fingerprint density at radius 3 is 3.11 bits per heavy atom. The van der Waals surface area contributed by atoms with Gasteiger partial charge in [-0.2, -0.15) is 0 Å². The van der Waals surface area contributed by atoms with Gasteiger partial charge < -0.3 is 5.32 Å². The number of nitrogens with one attached hydrogen (secondary N) is 1. The molecule has 18 heavy (non-hydrogen) atoms. The molecule has 0 aromatic carbocycles. The lowest BCUT2D eigenvalue weighted by atomic mass is 9.97. The fourth-order valence-electron chi connectivity index (χ4n) is 2.38. The van der Waals surface area contributed by atoms with Crippen molar-refractivity contribution in [2.24, 2.45) is 5.92 Å². The molecule has 2 heterocycles. The second-order valence-corrected chi connectivity index (χ2v) is 5.06. The van der Waals surface area contributed by atoms with E-state index in [0.29, 0.717) is 5.15 Å². The molecule has 1 atom stereocenters. The molecule has 1 N–H and O–H groups in total. The highest BCUT2D eigenvalue weighted by molar-refractivity contribution is 6.29. The standard InChI is InChI=1S/C13H18ClN3O/c1-15-13(18)11-3-2-6-17(9-11)8-10-4-5-12(14)16-7-10/h4-5,7,11H,2-3,6,8-9H2,1H3,(H,15,18). The van der Waals surface area contributed by atoms with Gasteiger partial charge >= 0.3 is 0 Å². The molecule has 0 saturated carbocycles. The zero-order valence-corrected chi connectivity index (χ0v) is 11.3. The molecule has 0 spiro atoms. The summed E-state index contributed by atoms with van der Waals surface area (Å²) in [5.74, 6) is 0.262. The van der Waals surface area contributed by atoms with Gasteiger partial charge in [-0.15, -0.1) is 0 Å². The Kier molecular flexibility index (Phi) is 4.55. The van der Waals surface area contributed by atoms with Gasteiger partial charge in [-0.25, -0.2) is 4.98 Å². The van der Waals surface area contributed by atoms with Crippen LogP contribution in [0.1, 0.15) is 18.4 Å². The van der Waals surface area contributed by atoms with E-state index in [0.717, 1.165) is 38.0 Å². The number of pyridine rings is 1. The number of carbonyl (C=O) groups excluding carboxylic acids is 1. The zero-order valence-electron chi connectivity index (χ0n) is 10.5. The quantitative estimate of drug-likeness (QED) is 0.848. The second-order valence-electron chi connectivity index (χ2n) is 4.68. The second kappa shape index (κ2) is 6.16. The van der Waals surface area contributed by atoms with E-state index in [4.69, 9.17) is 11.6 Å². The largest absolute Gasteiger partial charge is 0.359 e. The average Bonchev–Trinajstić information content (AvgIpc) is 2.41. The van der Waals surface area contributed by atoms with Gasteiger partial charge in [-0.05, 0) is 31.0 Å². The SMILES string of the molecule is CNC(=O)C1CCCN(Cc2ccc(Cl)nc2)C1. The van der Waals surface area contributed by atoms with Crippen LogP contribution >= 0.6 is 11.6 Å². The van der Waals surface area contributed by atoms with Crippen molar-refractivity contribution < 1.29 is 4.79 Å². The number of halogens is 1. The maximum absolute atomic E-state index is 11.6. The van der Waals surface area contributed by atoms with Crippen LogP contribution in [0.15, 0.2) is 18.3 Å². The van der Waals surface area contributed by atoms with E-state index < -0.39 is 0 Å². The zero-order chi connectivity index (χ0) is 13.0. The smallest absolute Gasteiger partial charge is 0.224 e. The monoisotopic (exact) mass is 267 g/mol. The molecule has 1 amide bonds. The molecule has 0 bridgehead atoms. The summed E-state index contributed by atoms with van der Waals surface area (Å²) in [4.78, 5) is 18.0. The number of amides is 1. The van der Waals surface area contributed by atoms with Gasteiger partial charge in [0.1, 0.15) is 5.15 Å². The first kappa shape index (κ1) is 13.3. The summed E-state index contributed by atoms with van der Waals surface area (Å²) in [6, 6.07) is 3.79. The maximum atomic E-state index is 11.6. The van der Waals surface area contributed by atoms with Gasteiger partial charge in [0.2, 0.25) is 5.91 Å². The third kappa shape index (κ3) is 3.43. The Morgan fingerprint density at radius 2 is 2.44 bits per heavy atom. The first-order valence-corrected chi connectivity index (χ1v) is 6.61. The molecule has 5 heteroatoms. The summed E-state index contributed by atoms with van der Waals surface area (Å²) in [5.41, 5.74) is 1.14. The van der Waals surface area contributed by atoms with E-state index in [-0.39, 0.29) is 11.8 Å². The lowest BCUT2D eigenvalue weighted by molar-refractivity contribution is -0.126. The molecule has 1 unspecified atom stereocenters. The minimum Gasteiger partial charge on any atom is -0.359 e. The van der Waals surface area contributed by atoms with Gasteiger partial charge in [-0.3, -0.25) is 9.69 Å². The maximum Gasteiger partial charge on any atom is 0.224 e. The van der Waals surface area contributed by atoms with Crippen LogP contribution in [0, 0.1) is 5.92 Å². The first-order chi connectivity index (χ1) is 8.69. The molecular weight excluding hydrogens is 250 g/mol. The Labute approximate surface area is 112 Å². The van der Waals surface area contributed by atoms with Crippen LogP contribution in [-0.4, -0.2) is 35.9 Å². The van der Waals surface area contributed by atoms with Crippen molar-refractivity contribution in [3.8, 4) is 0 Å². The van der Waals surface area contributed by atoms with Crippen LogP contribution in [0.25, 0.3) is 0 Å². The lowest BCUT2D eigenvalue weighted by Crippen LogP contribution is -2.41. The molecule has 1 fully saturated rings. The lowest BCUT2D eigenvalue weighted by Gasteiger charge is -2.31. The summed E-state index contributed by atoms with van der Waals surface area (Å²) < 4.78 is 0. The fourth-order valence-corrected chi connectivity index (χ4v) is 2.49. The number of likely N-dealkylation sites (tertiary alicyclic amines) is 1. The number of carbonyl (C=O) groups is 1. The predicted molar refractivity (Wildman–Crippen MR) is 71.3 cm³/mol. The minimum atomic E-state index is 0.115. The first-order valence-electron chi connectivity index (χ1n) is 6.23. The molecule has 4 nitrogen and oxygen atoms in total. The third-order valence-corrected chi connectivity index (χ3v) is 3.54. The van der Waals surface area contributed by atoms with Crippen LogP contribution < -0.4 is 5.32 Å². The molecule has 1 aliphatic heterocycles. The van der Waals surface area contributed by atoms with Crippen molar-refractivity contribution in [1.82, 2.24) is 15.2 Å². The highest BCUT2D eigenvalue weighted by Crippen LogP contribution is 2.18. The minimum absolute atomic E-state index is 0.115. The highest BCUT2D eigenvalue weighted by Gasteiger charge is 2.24. The molecule has 1 aromatic heterocycles. The van der Waals surface area contributed by atoms with Crippen molar-refractivity contribution in [2.45, 2.75) is 19.4 Å². The van der Waals surface area contributed by atoms with Crippen LogP contribution in [0.3, 0.4) is 0 Å². The summed E-state index contributed by atoms with van der Waals surface area (Å²) in [6.07, 6.45) is 3.85. The molecular formula is C13H18ClN3O. The van der Waals surface area contributed by atoms with Crippen LogP contribution in [0.2, 0.25) is 5.15 Å². The number of hydrogen-bond acceptors (Lipinski definition) is 3. The summed E-state index contributed by atoms with van der Waals surface area (Å²) in [5, 5.41) is 3.25. The molecule has 0 radical (unpaired) electrons. The van der Waals surface area contributed by atoms with Crippen molar-refractivity contribution in [1.29, 1.82) is 0 Å². The third-order valence-electron chi connectivity index (χ3n) is 3.32. The van der Waals surface area contributed by atoms with Crippen molar-refractivity contribution in [2.75, 3.05) is 20.1 Å². The van der Waals surface area contributed by atoms with E-state index in [2.05, 4.69) is 15.2 Å². The van der Waals surface area contributed by atoms with Crippen LogP contribution in [-0.2, 0) is 11.3 Å². The van der Waals surface area contributed by atoms with E-state index in [9.17, 15) is 4.79 Å². The van der Waals surface area contributed by atoms with Crippen molar-refractivity contribution >= 4 is 17.5 Å². The summed E-state index contributed by atoms with van der Waals surface area (Å²) >= 11 is 5.76. The number of hydrogen-bond donors (Lipinski definition) is 1. The molecule has 0 aliphatic carbocycles. The normalized spacial score (nSPS) is 20.7. The molecule has 1 saturated heterocycles. The Hall–Kier alpha value is -1.13. The Balaban J connectivity index is 1.93. The fraction of sp³-hybridized carbons (Fsp3) is 0.538. The molecule has 2 rings (SSSR count). The van der Waals surface area contributed by atoms with Gasteiger partial charge in [0.05, 0.1) is 5.92 Å².